The van der Waals surface area contributed by atoms with Crippen LogP contribution >= 0.6 is 0 Å². The van der Waals surface area contributed by atoms with Crippen molar-refractivity contribution in [3.8, 4) is 0 Å². The second-order valence-electron chi connectivity index (χ2n) is 4.31. The topological polar surface area (TPSA) is 35.5 Å². The molecule has 0 saturated heterocycles. The smallest absolute Gasteiger partial charge is 0.302 e. The van der Waals surface area contributed by atoms with E-state index in [0.717, 1.165) is 13.2 Å². The highest BCUT2D eigenvalue weighted by atomic mass is 16.5. The van der Waals surface area contributed by atoms with Crippen molar-refractivity contribution in [2.24, 2.45) is 0 Å². The van der Waals surface area contributed by atoms with E-state index >= 15 is 0 Å². The summed E-state index contributed by atoms with van der Waals surface area (Å²) >= 11 is 0. The Balaban J connectivity index is 0. The highest BCUT2D eigenvalue weighted by molar-refractivity contribution is 5.65. The van der Waals surface area contributed by atoms with Gasteiger partial charge < -0.3 is 14.0 Å². The highest BCUT2D eigenvalue weighted by Gasteiger charge is 2.20. The monoisotopic (exact) mass is 262 g/mol. The van der Waals surface area contributed by atoms with E-state index in [1.165, 1.54) is 51.1 Å². The van der Waals surface area contributed by atoms with Crippen LogP contribution in [0.2, 0.25) is 0 Å². The van der Waals surface area contributed by atoms with Crippen molar-refractivity contribution in [2.45, 2.75) is 41.0 Å². The third-order valence-electron chi connectivity index (χ3n) is 3.24. The zero-order valence-corrected chi connectivity index (χ0v) is 13.1. The van der Waals surface area contributed by atoms with E-state index in [1.54, 1.807) is 0 Å². The summed E-state index contributed by atoms with van der Waals surface area (Å²) in [6.45, 7) is 16.9. The lowest BCUT2D eigenvalue weighted by atomic mass is 10.3. The van der Waals surface area contributed by atoms with Gasteiger partial charge in [-0.15, -0.1) is 0 Å². The minimum atomic E-state index is -0.245. The Morgan fingerprint density at radius 2 is 1.56 bits per heavy atom. The average molecular weight is 262 g/mol. The number of carbonyl (C=O) groups excluding carboxylic acids is 1. The van der Waals surface area contributed by atoms with E-state index < -0.39 is 0 Å². The number of likely N-dealkylation sites (N-methyl/N-ethyl adjacent to an activating group) is 1. The van der Waals surface area contributed by atoms with Gasteiger partial charge in [0.25, 0.3) is 0 Å². The Bertz CT molecular complexity index is 191. The molecular formula is C14H32NO3+. The second kappa shape index (κ2) is 12.8. The molecule has 0 bridgehead atoms. The summed E-state index contributed by atoms with van der Waals surface area (Å²) < 4.78 is 10.8. The van der Waals surface area contributed by atoms with Crippen LogP contribution in [0.25, 0.3) is 0 Å². The average Bonchev–Trinajstić information content (AvgIpc) is 2.38. The van der Waals surface area contributed by atoms with Crippen LogP contribution in [0.5, 0.6) is 0 Å². The van der Waals surface area contributed by atoms with Crippen molar-refractivity contribution in [1.29, 1.82) is 0 Å². The van der Waals surface area contributed by atoms with Crippen LogP contribution in [0.4, 0.5) is 0 Å². The first kappa shape index (κ1) is 19.7. The molecule has 0 saturated carbocycles. The number of carbonyl (C=O) groups is 1. The van der Waals surface area contributed by atoms with Crippen molar-refractivity contribution in [1.82, 2.24) is 0 Å². The molecule has 0 amide bonds. The summed E-state index contributed by atoms with van der Waals surface area (Å²) in [5.41, 5.74) is 0. The maximum absolute atomic E-state index is 9.59. The molecule has 0 unspecified atom stereocenters. The third kappa shape index (κ3) is 10.5. The number of methoxy groups -OCH3 is 1. The number of quaternary nitrogens is 1. The molecule has 4 nitrogen and oxygen atoms in total. The molecular weight excluding hydrogens is 230 g/mol. The summed E-state index contributed by atoms with van der Waals surface area (Å²) in [6.07, 6.45) is 1.27. The van der Waals surface area contributed by atoms with Gasteiger partial charge in [-0.25, -0.2) is 0 Å². The highest BCUT2D eigenvalue weighted by Crippen LogP contribution is 2.07. The Morgan fingerprint density at radius 3 is 1.83 bits per heavy atom. The van der Waals surface area contributed by atoms with Gasteiger partial charge >= 0.3 is 5.97 Å². The van der Waals surface area contributed by atoms with Gasteiger partial charge in [-0.2, -0.15) is 0 Å². The molecule has 0 N–H and O–H groups in total. The lowest BCUT2D eigenvalue weighted by molar-refractivity contribution is -0.925. The molecule has 0 heterocycles. The number of esters is 1. The van der Waals surface area contributed by atoms with Gasteiger partial charge in [0.15, 0.2) is 0 Å². The molecule has 0 spiro atoms. The molecule has 4 heteroatoms. The summed E-state index contributed by atoms with van der Waals surface area (Å²) in [5.74, 6) is -0.245. The first-order valence-electron chi connectivity index (χ1n) is 6.99. The van der Waals surface area contributed by atoms with Crippen molar-refractivity contribution >= 4 is 5.97 Å². The quantitative estimate of drug-likeness (QED) is 0.383. The molecule has 0 aliphatic rings. The third-order valence-corrected chi connectivity index (χ3v) is 3.24. The number of ether oxygens (including phenoxy) is 2. The van der Waals surface area contributed by atoms with Crippen LogP contribution in [-0.4, -0.2) is 57.0 Å². The molecule has 0 aliphatic carbocycles. The normalized spacial score (nSPS) is 10.6. The van der Waals surface area contributed by atoms with Gasteiger partial charge in [-0.3, -0.25) is 4.79 Å². The van der Waals surface area contributed by atoms with Crippen LogP contribution in [0.1, 0.15) is 41.0 Å². The van der Waals surface area contributed by atoms with E-state index in [4.69, 9.17) is 4.74 Å². The van der Waals surface area contributed by atoms with E-state index in [0.29, 0.717) is 0 Å². The molecule has 0 rings (SSSR count). The minimum Gasteiger partial charge on any atom is -0.469 e. The molecule has 0 aromatic heterocycles. The predicted octanol–water partition coefficient (Wildman–Crippen LogP) is 2.47. The number of hydrogen-bond acceptors (Lipinski definition) is 3. The molecule has 18 heavy (non-hydrogen) atoms. The number of nitrogens with zero attached hydrogens (tertiary/aromatic N) is 1. The zero-order chi connectivity index (χ0) is 14.4. The van der Waals surface area contributed by atoms with Crippen LogP contribution < -0.4 is 0 Å². The Hall–Kier alpha value is -0.610. The van der Waals surface area contributed by atoms with Crippen LogP contribution in [-0.2, 0) is 14.3 Å². The molecule has 0 aliphatic heterocycles. The first-order chi connectivity index (χ1) is 8.51. The van der Waals surface area contributed by atoms with Crippen molar-refractivity contribution in [3.63, 3.8) is 0 Å². The summed E-state index contributed by atoms with van der Waals surface area (Å²) in [4.78, 5) is 9.59. The lowest BCUT2D eigenvalue weighted by Gasteiger charge is -2.36. The maximum Gasteiger partial charge on any atom is 0.302 e. The Labute approximate surface area is 113 Å². The van der Waals surface area contributed by atoms with Gasteiger partial charge in [-0.1, -0.05) is 6.92 Å². The standard InChI is InChI=1S/C11H26NO.C3H6O2/c1-5-9-12(6-2,7-3)10-11-13-8-4;1-3(4)5-2/h5-11H2,1-4H3;1-2H3/q+1;. The van der Waals surface area contributed by atoms with Gasteiger partial charge in [0.05, 0.1) is 33.4 Å². The Kier molecular flexibility index (Phi) is 14.1. The van der Waals surface area contributed by atoms with Crippen LogP contribution in [0.15, 0.2) is 0 Å². The molecule has 0 fully saturated rings. The van der Waals surface area contributed by atoms with Gasteiger partial charge in [0.1, 0.15) is 6.54 Å². The van der Waals surface area contributed by atoms with E-state index in [2.05, 4.69) is 32.4 Å². The summed E-state index contributed by atoms with van der Waals surface area (Å²) in [6, 6.07) is 0. The summed E-state index contributed by atoms with van der Waals surface area (Å²) in [7, 11) is 1.35. The second-order valence-corrected chi connectivity index (χ2v) is 4.31. The van der Waals surface area contributed by atoms with Crippen molar-refractivity contribution in [2.75, 3.05) is 46.5 Å². The van der Waals surface area contributed by atoms with E-state index in [-0.39, 0.29) is 5.97 Å². The van der Waals surface area contributed by atoms with Crippen molar-refractivity contribution in [3.05, 3.63) is 0 Å². The molecule has 0 radical (unpaired) electrons. The van der Waals surface area contributed by atoms with E-state index in [9.17, 15) is 4.79 Å². The molecule has 0 aromatic carbocycles. The summed E-state index contributed by atoms with van der Waals surface area (Å²) in [5, 5.41) is 0. The van der Waals surface area contributed by atoms with Crippen LogP contribution in [0.3, 0.4) is 0 Å². The fourth-order valence-corrected chi connectivity index (χ4v) is 1.84. The molecule has 110 valence electrons. The number of hydrogen-bond donors (Lipinski definition) is 0. The zero-order valence-electron chi connectivity index (χ0n) is 13.1. The molecule has 0 atom stereocenters. The minimum absolute atomic E-state index is 0.245. The predicted molar refractivity (Wildman–Crippen MR) is 75.6 cm³/mol. The largest absolute Gasteiger partial charge is 0.469 e. The fourth-order valence-electron chi connectivity index (χ4n) is 1.84. The van der Waals surface area contributed by atoms with Gasteiger partial charge in [-0.05, 0) is 27.2 Å². The van der Waals surface area contributed by atoms with Crippen molar-refractivity contribution < 1.29 is 18.8 Å². The van der Waals surface area contributed by atoms with E-state index in [1.807, 2.05) is 0 Å². The van der Waals surface area contributed by atoms with Crippen LogP contribution in [0, 0.1) is 0 Å². The fraction of sp³-hybridized carbons (Fsp3) is 0.929. The first-order valence-corrected chi connectivity index (χ1v) is 6.99. The number of rotatable bonds is 8. The van der Waals surface area contributed by atoms with Gasteiger partial charge in [0, 0.05) is 13.5 Å². The SMILES string of the molecule is CCC[N+](CC)(CC)CCOCC.COC(C)=O. The lowest BCUT2D eigenvalue weighted by Crippen LogP contribution is -2.50. The molecule has 0 aromatic rings. The Morgan fingerprint density at radius 1 is 1.06 bits per heavy atom. The van der Waals surface area contributed by atoms with Gasteiger partial charge in [0.2, 0.25) is 0 Å². The maximum atomic E-state index is 9.59.